The van der Waals surface area contributed by atoms with Crippen LogP contribution in [0, 0.1) is 5.92 Å². The summed E-state index contributed by atoms with van der Waals surface area (Å²) in [5, 5.41) is 3.43. The molecule has 0 radical (unpaired) electrons. The quantitative estimate of drug-likeness (QED) is 0.764. The first-order valence-electron chi connectivity index (χ1n) is 7.00. The second-order valence-corrected chi connectivity index (χ2v) is 5.59. The summed E-state index contributed by atoms with van der Waals surface area (Å²) in [7, 11) is 0. The van der Waals surface area contributed by atoms with Gasteiger partial charge in [-0.05, 0) is 38.1 Å². The van der Waals surface area contributed by atoms with E-state index in [2.05, 4.69) is 10.2 Å². The molecule has 92 valence electrons. The van der Waals surface area contributed by atoms with Crippen LogP contribution in [0.2, 0.25) is 0 Å². The molecule has 3 aliphatic rings. The summed E-state index contributed by atoms with van der Waals surface area (Å²) in [6, 6.07) is 0.888. The lowest BCUT2D eigenvalue weighted by Gasteiger charge is -2.40. The molecule has 2 heterocycles. The number of hydrogen-bond donors (Lipinski definition) is 1. The molecular formula is C13H24N2O. The zero-order chi connectivity index (χ0) is 10.8. The van der Waals surface area contributed by atoms with E-state index in [-0.39, 0.29) is 0 Å². The van der Waals surface area contributed by atoms with Gasteiger partial charge in [-0.1, -0.05) is 6.42 Å². The van der Waals surface area contributed by atoms with Gasteiger partial charge in [-0.15, -0.1) is 0 Å². The minimum absolute atomic E-state index is 0.438. The van der Waals surface area contributed by atoms with Crippen molar-refractivity contribution < 1.29 is 4.74 Å². The number of likely N-dealkylation sites (tertiary alicyclic amines) is 1. The van der Waals surface area contributed by atoms with E-state index in [1.807, 2.05) is 0 Å². The van der Waals surface area contributed by atoms with Crippen molar-refractivity contribution in [2.45, 2.75) is 44.2 Å². The molecule has 3 rings (SSSR count). The number of hydrogen-bond acceptors (Lipinski definition) is 3. The molecule has 3 atom stereocenters. The Morgan fingerprint density at radius 3 is 3.00 bits per heavy atom. The predicted molar refractivity (Wildman–Crippen MR) is 64.5 cm³/mol. The Hall–Kier alpha value is -0.120. The number of piperidine rings is 1. The van der Waals surface area contributed by atoms with Gasteiger partial charge in [0, 0.05) is 25.7 Å². The third-order valence-electron chi connectivity index (χ3n) is 4.55. The Kier molecular flexibility index (Phi) is 3.46. The lowest BCUT2D eigenvalue weighted by Crippen LogP contribution is -2.50. The molecule has 0 aromatic carbocycles. The minimum atomic E-state index is 0.438. The summed E-state index contributed by atoms with van der Waals surface area (Å²) < 4.78 is 5.82. The molecule has 0 amide bonds. The summed E-state index contributed by atoms with van der Waals surface area (Å²) in [5.41, 5.74) is 0. The minimum Gasteiger partial charge on any atom is -0.374 e. The van der Waals surface area contributed by atoms with E-state index in [0.717, 1.165) is 38.2 Å². The van der Waals surface area contributed by atoms with Gasteiger partial charge >= 0.3 is 0 Å². The van der Waals surface area contributed by atoms with Gasteiger partial charge in [0.1, 0.15) is 0 Å². The zero-order valence-electron chi connectivity index (χ0n) is 10.2. The van der Waals surface area contributed by atoms with Crippen molar-refractivity contribution in [3.63, 3.8) is 0 Å². The van der Waals surface area contributed by atoms with E-state index in [1.54, 1.807) is 0 Å². The van der Waals surface area contributed by atoms with E-state index in [0.29, 0.717) is 6.10 Å². The highest BCUT2D eigenvalue weighted by Crippen LogP contribution is 2.36. The van der Waals surface area contributed by atoms with Crippen LogP contribution in [0.5, 0.6) is 0 Å². The van der Waals surface area contributed by atoms with Crippen molar-refractivity contribution in [1.29, 1.82) is 0 Å². The van der Waals surface area contributed by atoms with Crippen molar-refractivity contribution in [2.24, 2.45) is 5.92 Å². The van der Waals surface area contributed by atoms with E-state index in [4.69, 9.17) is 4.74 Å². The van der Waals surface area contributed by atoms with E-state index in [1.165, 1.54) is 38.6 Å². The van der Waals surface area contributed by atoms with E-state index >= 15 is 0 Å². The molecule has 16 heavy (non-hydrogen) atoms. The lowest BCUT2D eigenvalue weighted by molar-refractivity contribution is -0.0148. The van der Waals surface area contributed by atoms with Crippen molar-refractivity contribution >= 4 is 0 Å². The van der Waals surface area contributed by atoms with Crippen LogP contribution in [0.25, 0.3) is 0 Å². The number of rotatable bonds is 2. The first-order chi connectivity index (χ1) is 7.93. The fourth-order valence-corrected chi connectivity index (χ4v) is 3.78. The fourth-order valence-electron chi connectivity index (χ4n) is 3.78. The molecule has 1 N–H and O–H groups in total. The van der Waals surface area contributed by atoms with Crippen LogP contribution in [0.15, 0.2) is 0 Å². The Morgan fingerprint density at radius 1 is 1.19 bits per heavy atom. The third kappa shape index (κ3) is 2.27. The summed E-state index contributed by atoms with van der Waals surface area (Å²) in [6.07, 6.45) is 7.69. The Labute approximate surface area is 98.5 Å². The molecule has 3 fully saturated rings. The molecule has 1 aliphatic carbocycles. The largest absolute Gasteiger partial charge is 0.374 e. The number of nitrogens with one attached hydrogen (secondary N) is 1. The van der Waals surface area contributed by atoms with Gasteiger partial charge in [0.15, 0.2) is 0 Å². The highest BCUT2D eigenvalue weighted by molar-refractivity contribution is 4.90. The number of fused-ring (bicyclic) bond motifs is 1. The maximum atomic E-state index is 5.82. The predicted octanol–water partition coefficient (Wildman–Crippen LogP) is 1.24. The maximum Gasteiger partial charge on any atom is 0.0826 e. The summed E-state index contributed by atoms with van der Waals surface area (Å²) in [4.78, 5) is 2.72. The standard InChI is InChI=1S/C13H24N2O/c1-3-11-4-2-7-15(13(11)5-1)10-12-9-14-6-8-16-12/h11-14H,1-10H2. The molecule has 3 nitrogen and oxygen atoms in total. The van der Waals surface area contributed by atoms with Crippen LogP contribution < -0.4 is 5.32 Å². The van der Waals surface area contributed by atoms with Gasteiger partial charge < -0.3 is 10.1 Å². The topological polar surface area (TPSA) is 24.5 Å². The van der Waals surface area contributed by atoms with Crippen LogP contribution in [0.4, 0.5) is 0 Å². The molecule has 2 saturated heterocycles. The molecule has 0 bridgehead atoms. The van der Waals surface area contributed by atoms with E-state index < -0.39 is 0 Å². The number of morpholine rings is 1. The molecule has 0 spiro atoms. The van der Waals surface area contributed by atoms with E-state index in [9.17, 15) is 0 Å². The van der Waals surface area contributed by atoms with Crippen LogP contribution in [0.1, 0.15) is 32.1 Å². The molecule has 3 unspecified atom stereocenters. The molecule has 0 aromatic heterocycles. The number of nitrogens with zero attached hydrogens (tertiary/aromatic N) is 1. The summed E-state index contributed by atoms with van der Waals surface area (Å²) in [6.45, 7) is 5.44. The Morgan fingerprint density at radius 2 is 2.12 bits per heavy atom. The fraction of sp³-hybridized carbons (Fsp3) is 1.00. The average Bonchev–Trinajstić information content (AvgIpc) is 2.80. The van der Waals surface area contributed by atoms with Crippen LogP contribution in [0.3, 0.4) is 0 Å². The maximum absolute atomic E-state index is 5.82. The smallest absolute Gasteiger partial charge is 0.0826 e. The highest BCUT2D eigenvalue weighted by atomic mass is 16.5. The van der Waals surface area contributed by atoms with Crippen molar-refractivity contribution in [1.82, 2.24) is 10.2 Å². The van der Waals surface area contributed by atoms with Gasteiger partial charge in [-0.2, -0.15) is 0 Å². The second-order valence-electron chi connectivity index (χ2n) is 5.59. The Balaban J connectivity index is 1.56. The highest BCUT2D eigenvalue weighted by Gasteiger charge is 2.35. The first kappa shape index (κ1) is 11.0. The summed E-state index contributed by atoms with van der Waals surface area (Å²) in [5.74, 6) is 1.00. The average molecular weight is 224 g/mol. The molecule has 2 aliphatic heterocycles. The molecular weight excluding hydrogens is 200 g/mol. The normalized spacial score (nSPS) is 40.9. The molecule has 1 saturated carbocycles. The second kappa shape index (κ2) is 5.03. The third-order valence-corrected chi connectivity index (χ3v) is 4.55. The first-order valence-corrected chi connectivity index (χ1v) is 7.00. The summed E-state index contributed by atoms with van der Waals surface area (Å²) >= 11 is 0. The van der Waals surface area contributed by atoms with Crippen molar-refractivity contribution in [2.75, 3.05) is 32.8 Å². The van der Waals surface area contributed by atoms with Crippen LogP contribution in [-0.4, -0.2) is 49.8 Å². The molecule has 3 heteroatoms. The lowest BCUT2D eigenvalue weighted by atomic mass is 9.92. The van der Waals surface area contributed by atoms with Crippen LogP contribution in [-0.2, 0) is 4.74 Å². The van der Waals surface area contributed by atoms with Gasteiger partial charge in [0.2, 0.25) is 0 Å². The van der Waals surface area contributed by atoms with Crippen molar-refractivity contribution in [3.05, 3.63) is 0 Å². The van der Waals surface area contributed by atoms with Gasteiger partial charge in [0.25, 0.3) is 0 Å². The Bertz CT molecular complexity index is 228. The zero-order valence-corrected chi connectivity index (χ0v) is 10.2. The van der Waals surface area contributed by atoms with Gasteiger partial charge in [-0.25, -0.2) is 0 Å². The van der Waals surface area contributed by atoms with Gasteiger partial charge in [-0.3, -0.25) is 4.90 Å². The SMILES string of the molecule is C1CC2CCCN(CC3CNCCO3)C2C1. The monoisotopic (exact) mass is 224 g/mol. The van der Waals surface area contributed by atoms with Crippen LogP contribution >= 0.6 is 0 Å². The van der Waals surface area contributed by atoms with Crippen molar-refractivity contribution in [3.8, 4) is 0 Å². The molecule has 0 aromatic rings. The van der Waals surface area contributed by atoms with Gasteiger partial charge in [0.05, 0.1) is 12.7 Å². The number of ether oxygens (including phenoxy) is 1.